The van der Waals surface area contributed by atoms with Crippen LogP contribution in [0.2, 0.25) is 0 Å². The molecule has 6 bridgehead atoms. The highest BCUT2D eigenvalue weighted by atomic mass is 19.4. The number of carbonyl (C=O) groups is 8. The van der Waals surface area contributed by atoms with E-state index in [2.05, 4.69) is 36.4 Å². The van der Waals surface area contributed by atoms with Crippen molar-refractivity contribution in [1.82, 2.24) is 25.8 Å². The van der Waals surface area contributed by atoms with Gasteiger partial charge < -0.3 is 57.4 Å². The molecule has 2 atom stereocenters. The maximum atomic E-state index is 14.2. The van der Waals surface area contributed by atoms with E-state index in [0.717, 1.165) is 48.4 Å². The molecule has 11 N–H and O–H groups in total. The lowest BCUT2D eigenvalue weighted by molar-refractivity contribution is -0.193. The topological polar surface area (TPSA) is 314 Å². The van der Waals surface area contributed by atoms with Gasteiger partial charge in [0.25, 0.3) is 0 Å². The summed E-state index contributed by atoms with van der Waals surface area (Å²) < 4.78 is 95.2. The van der Waals surface area contributed by atoms with Crippen LogP contribution in [0.25, 0.3) is 0 Å². The molecule has 29 heteroatoms. The number of amides is 5. The summed E-state index contributed by atoms with van der Waals surface area (Å²) >= 11 is 0. The first-order valence-corrected chi connectivity index (χ1v) is 23.4. The first kappa shape index (κ1) is 64.7. The van der Waals surface area contributed by atoms with Crippen molar-refractivity contribution in [1.29, 1.82) is 5.41 Å². The maximum Gasteiger partial charge on any atom is 0.490 e. The number of piperazine rings is 1. The number of carboxylic acids is 3. The first-order valence-electron chi connectivity index (χ1n) is 23.4. The number of carboxylic acid groups (broad SMARTS) is 3. The number of nitrogen functional groups attached to an aromatic ring is 1. The average Bonchev–Trinajstić information content (AvgIpc) is 3.37. The summed E-state index contributed by atoms with van der Waals surface area (Å²) in [6.45, 7) is 4.67. The van der Waals surface area contributed by atoms with Crippen molar-refractivity contribution in [3.8, 4) is 0 Å². The van der Waals surface area contributed by atoms with Crippen LogP contribution in [0.5, 0.6) is 0 Å². The molecular formula is C50H54F9N9O11. The molecule has 5 heterocycles. The van der Waals surface area contributed by atoms with Gasteiger partial charge in [-0.1, -0.05) is 78.9 Å². The molecule has 5 aliphatic rings. The fraction of sp³-hybridized carbons (Fsp3) is 0.340. The summed E-state index contributed by atoms with van der Waals surface area (Å²) in [5.74, 6) is -9.89. The average molecular weight is 1130 g/mol. The molecular weight excluding hydrogens is 1070 g/mol. The molecule has 0 radical (unpaired) electrons. The summed E-state index contributed by atoms with van der Waals surface area (Å²) in [6.07, 6.45) is -14.3. The second-order valence-corrected chi connectivity index (χ2v) is 17.2. The number of rotatable bonds is 7. The van der Waals surface area contributed by atoms with E-state index in [4.69, 9.17) is 40.8 Å². The Bertz CT molecular complexity index is 2650. The minimum Gasteiger partial charge on any atom is -0.475 e. The monoisotopic (exact) mass is 1130 g/mol. The smallest absolute Gasteiger partial charge is 0.475 e. The minimum atomic E-state index is -5.08. The third-order valence-corrected chi connectivity index (χ3v) is 11.1. The molecule has 428 valence electrons. The number of nitrogens with two attached hydrogens (primary N) is 1. The second kappa shape index (κ2) is 30.4. The molecule has 9 rings (SSSR count). The Morgan fingerprint density at radius 3 is 1.38 bits per heavy atom. The van der Waals surface area contributed by atoms with Crippen LogP contribution in [0.15, 0.2) is 103 Å². The van der Waals surface area contributed by atoms with E-state index in [-0.39, 0.29) is 49.4 Å². The van der Waals surface area contributed by atoms with E-state index in [1.165, 1.54) is 0 Å². The number of anilines is 2. The lowest BCUT2D eigenvalue weighted by atomic mass is 10.0. The first-order chi connectivity index (χ1) is 36.9. The normalized spacial score (nSPS) is 18.2. The molecule has 4 aromatic carbocycles. The number of amidine groups is 1. The van der Waals surface area contributed by atoms with E-state index >= 15 is 0 Å². The van der Waals surface area contributed by atoms with E-state index in [1.807, 2.05) is 54.6 Å². The Hall–Kier alpha value is -8.60. The van der Waals surface area contributed by atoms with Crippen molar-refractivity contribution in [2.24, 2.45) is 5.73 Å². The third-order valence-electron chi connectivity index (χ3n) is 11.1. The van der Waals surface area contributed by atoms with Crippen LogP contribution in [0, 0.1) is 5.41 Å². The molecule has 20 nitrogen and oxygen atoms in total. The van der Waals surface area contributed by atoms with Crippen molar-refractivity contribution < 1.29 is 93.2 Å². The predicted molar refractivity (Wildman–Crippen MR) is 264 cm³/mol. The quantitative estimate of drug-likeness (QED) is 0.0694. The number of nitrogens with one attached hydrogen (secondary N) is 6. The van der Waals surface area contributed by atoms with Crippen molar-refractivity contribution in [2.75, 3.05) is 49.9 Å². The number of benzene rings is 4. The summed E-state index contributed by atoms with van der Waals surface area (Å²) in [5, 5.41) is 43.7. The number of alkyl halides is 9. The van der Waals surface area contributed by atoms with Crippen LogP contribution < -0.4 is 32.3 Å². The van der Waals surface area contributed by atoms with E-state index < -0.39 is 60.3 Å². The number of hydrogen-bond acceptors (Lipinski definition) is 11. The second-order valence-electron chi connectivity index (χ2n) is 17.2. The predicted octanol–water partition coefficient (Wildman–Crippen LogP) is 4.47. The number of nitrogens with zero attached hydrogens (tertiary/aromatic N) is 2. The highest BCUT2D eigenvalue weighted by Crippen LogP contribution is 2.18. The fourth-order valence-electron chi connectivity index (χ4n) is 6.95. The molecule has 1 saturated heterocycles. The van der Waals surface area contributed by atoms with Crippen LogP contribution >= 0.6 is 0 Å². The molecule has 0 unspecified atom stereocenters. The molecule has 0 spiro atoms. The molecule has 0 aliphatic carbocycles. The number of carbonyl (C=O) groups excluding carboxylic acids is 5. The molecule has 5 amide bonds. The largest absolute Gasteiger partial charge is 0.490 e. The van der Waals surface area contributed by atoms with Crippen molar-refractivity contribution in [2.45, 2.75) is 69.3 Å². The van der Waals surface area contributed by atoms with Gasteiger partial charge in [0, 0.05) is 88.4 Å². The zero-order valence-corrected chi connectivity index (χ0v) is 41.4. The molecule has 0 saturated carbocycles. The number of aliphatic carboxylic acids is 3. The minimum absolute atomic E-state index is 0.0560. The number of halogens is 9. The van der Waals surface area contributed by atoms with Gasteiger partial charge in [-0.2, -0.15) is 39.5 Å². The number of fused-ring (bicyclic) bond motifs is 3. The molecule has 79 heavy (non-hydrogen) atoms. The summed E-state index contributed by atoms with van der Waals surface area (Å²) in [5.41, 5.74) is 10.4. The van der Waals surface area contributed by atoms with Crippen LogP contribution in [-0.2, 0) is 64.2 Å². The standard InChI is InChI=1S/C44H51N9O5.3C2HF3O2/c45-42(46)34-12-6-33(7-13-34)29-47-43(57)37-26-31-8-14-35(15-9-31)48-39(54)18-20-52-22-24-53(25-23-52)21-19-40(55)49-36-16-10-32(11-17-36)27-38(44(58)51-37)50-41(56)28-30-4-2-1-3-5-30;3*3-2(4,5)1(6)7/h1-17,37-38H,18-29H2,(H3,45,46)(H,47,57)(H,48,54)(H,49,55)(H,50,56)(H,51,58);3*(H,6,7)/t37-,38+;;;/m0.../s1. The maximum absolute atomic E-state index is 14.2. The third kappa shape index (κ3) is 25.0. The van der Waals surface area contributed by atoms with Crippen LogP contribution in [0.1, 0.15) is 40.7 Å². The van der Waals surface area contributed by atoms with Crippen LogP contribution in [-0.4, -0.2) is 148 Å². The van der Waals surface area contributed by atoms with Gasteiger partial charge >= 0.3 is 36.4 Å². The van der Waals surface area contributed by atoms with Gasteiger partial charge in [-0.25, -0.2) is 14.4 Å². The van der Waals surface area contributed by atoms with Gasteiger partial charge in [0.1, 0.15) is 17.9 Å². The molecule has 4 aromatic rings. The van der Waals surface area contributed by atoms with E-state index in [1.54, 1.807) is 48.5 Å². The zero-order chi connectivity index (χ0) is 59.1. The van der Waals surface area contributed by atoms with E-state index in [0.29, 0.717) is 42.9 Å². The van der Waals surface area contributed by atoms with Gasteiger partial charge in [0.2, 0.25) is 29.5 Å². The fourth-order valence-corrected chi connectivity index (χ4v) is 6.95. The highest BCUT2D eigenvalue weighted by molar-refractivity contribution is 5.95. The summed E-state index contributed by atoms with van der Waals surface area (Å²) in [7, 11) is 0. The van der Waals surface area contributed by atoms with Crippen molar-refractivity contribution >= 4 is 64.7 Å². The van der Waals surface area contributed by atoms with Crippen molar-refractivity contribution in [3.05, 3.63) is 131 Å². The molecule has 5 aliphatic heterocycles. The van der Waals surface area contributed by atoms with Crippen LogP contribution in [0.3, 0.4) is 0 Å². The highest BCUT2D eigenvalue weighted by Gasteiger charge is 2.39. The summed E-state index contributed by atoms with van der Waals surface area (Å²) in [4.78, 5) is 98.4. The molecule has 0 aromatic heterocycles. The Morgan fingerprint density at radius 2 is 0.987 bits per heavy atom. The Labute approximate surface area is 444 Å². The van der Waals surface area contributed by atoms with Gasteiger partial charge in [-0.15, -0.1) is 0 Å². The van der Waals surface area contributed by atoms with Gasteiger partial charge in [-0.05, 0) is 46.5 Å². The lowest BCUT2D eigenvalue weighted by Crippen LogP contribution is -2.55. The Balaban J connectivity index is 0.000000658. The number of hydrogen-bond donors (Lipinski definition) is 10. The Morgan fingerprint density at radius 1 is 0.582 bits per heavy atom. The van der Waals surface area contributed by atoms with Gasteiger partial charge in [0.05, 0.1) is 6.42 Å². The molecule has 1 fully saturated rings. The van der Waals surface area contributed by atoms with Gasteiger partial charge in [-0.3, -0.25) is 29.4 Å². The van der Waals surface area contributed by atoms with Crippen LogP contribution in [0.4, 0.5) is 50.9 Å². The lowest BCUT2D eigenvalue weighted by Gasteiger charge is -2.34. The SMILES string of the molecule is N=C(N)c1ccc(CNC(=O)[C@@H]2Cc3ccc(cc3)NC(=O)CCN3CCN(CCC(=O)Nc4ccc(cc4)C[C@@H](NC(=O)Cc4ccccc4)C(=O)N2)CC3)cc1.O=C(O)C(F)(F)F.O=C(O)C(F)(F)F.O=C(O)C(F)(F)F. The Kier molecular flexibility index (Phi) is 24.9. The zero-order valence-electron chi connectivity index (χ0n) is 41.4. The van der Waals surface area contributed by atoms with E-state index in [9.17, 15) is 63.5 Å². The van der Waals surface area contributed by atoms with Gasteiger partial charge in [0.15, 0.2) is 0 Å². The summed E-state index contributed by atoms with van der Waals surface area (Å²) in [6, 6.07) is 28.4. The van der Waals surface area contributed by atoms with Crippen molar-refractivity contribution in [3.63, 3.8) is 0 Å².